The molecule has 1 unspecified atom stereocenters. The van der Waals surface area contributed by atoms with Crippen LogP contribution >= 0.6 is 11.3 Å². The molecule has 0 amide bonds. The molecule has 0 bridgehead atoms. The van der Waals surface area contributed by atoms with E-state index in [4.69, 9.17) is 10.9 Å². The predicted molar refractivity (Wildman–Crippen MR) is 84.0 cm³/mol. The first-order chi connectivity index (χ1) is 9.67. The molecular weight excluding hydrogens is 274 g/mol. The zero-order valence-electron chi connectivity index (χ0n) is 11.8. The second kappa shape index (κ2) is 6.83. The van der Waals surface area contributed by atoms with Gasteiger partial charge < -0.3 is 10.4 Å². The lowest BCUT2D eigenvalue weighted by Crippen LogP contribution is -2.18. The topological polar surface area (TPSA) is 96.1 Å². The quantitative estimate of drug-likeness (QED) is 0.461. The second-order valence-corrected chi connectivity index (χ2v) is 5.85. The fourth-order valence-corrected chi connectivity index (χ4v) is 2.99. The molecule has 2 aromatic rings. The molecular formula is C13H21N5OS. The van der Waals surface area contributed by atoms with Gasteiger partial charge in [0.25, 0.3) is 0 Å². The van der Waals surface area contributed by atoms with E-state index in [9.17, 15) is 0 Å². The van der Waals surface area contributed by atoms with Gasteiger partial charge in [-0.05, 0) is 32.3 Å². The minimum absolute atomic E-state index is 0.208. The third kappa shape index (κ3) is 3.36. The van der Waals surface area contributed by atoms with Gasteiger partial charge in [0, 0.05) is 17.5 Å². The summed E-state index contributed by atoms with van der Waals surface area (Å²) in [6.07, 6.45) is 2.64. The summed E-state index contributed by atoms with van der Waals surface area (Å²) in [5.74, 6) is 6.64. The molecule has 0 saturated heterocycles. The third-order valence-corrected chi connectivity index (χ3v) is 4.27. The van der Waals surface area contributed by atoms with E-state index >= 15 is 0 Å². The Morgan fingerprint density at radius 1 is 1.45 bits per heavy atom. The molecule has 0 saturated carbocycles. The summed E-state index contributed by atoms with van der Waals surface area (Å²) in [5.41, 5.74) is 2.51. The van der Waals surface area contributed by atoms with E-state index in [2.05, 4.69) is 40.6 Å². The lowest BCUT2D eigenvalue weighted by atomic mass is 10.2. The smallest absolute Gasteiger partial charge is 0.240 e. The van der Waals surface area contributed by atoms with Crippen LogP contribution in [0.25, 0.3) is 10.2 Å². The van der Waals surface area contributed by atoms with Crippen molar-refractivity contribution in [2.24, 2.45) is 5.84 Å². The molecule has 0 aliphatic rings. The lowest BCUT2D eigenvalue weighted by Gasteiger charge is -2.15. The Bertz CT molecular complexity index is 571. The van der Waals surface area contributed by atoms with Crippen molar-refractivity contribution in [1.82, 2.24) is 9.97 Å². The van der Waals surface area contributed by atoms with Gasteiger partial charge in [0.2, 0.25) is 5.95 Å². The third-order valence-electron chi connectivity index (χ3n) is 3.10. The summed E-state index contributed by atoms with van der Waals surface area (Å²) >= 11 is 1.66. The molecule has 110 valence electrons. The van der Waals surface area contributed by atoms with Gasteiger partial charge in [-0.25, -0.2) is 10.8 Å². The van der Waals surface area contributed by atoms with Crippen molar-refractivity contribution in [2.75, 3.05) is 17.3 Å². The first kappa shape index (κ1) is 15.0. The summed E-state index contributed by atoms with van der Waals surface area (Å²) in [6, 6.07) is 2.36. The van der Waals surface area contributed by atoms with Crippen molar-refractivity contribution < 1.29 is 5.11 Å². The normalized spacial score (nSPS) is 12.6. The van der Waals surface area contributed by atoms with Crippen molar-refractivity contribution in [3.8, 4) is 0 Å². The van der Waals surface area contributed by atoms with Crippen LogP contribution in [0, 0.1) is 0 Å². The van der Waals surface area contributed by atoms with Crippen LogP contribution in [0.3, 0.4) is 0 Å². The van der Waals surface area contributed by atoms with E-state index in [0.717, 1.165) is 35.3 Å². The molecule has 1 atom stereocenters. The summed E-state index contributed by atoms with van der Waals surface area (Å²) in [6.45, 7) is 4.41. The Morgan fingerprint density at radius 2 is 2.25 bits per heavy atom. The molecule has 2 rings (SSSR count). The van der Waals surface area contributed by atoms with Crippen molar-refractivity contribution in [3.63, 3.8) is 0 Å². The van der Waals surface area contributed by atoms with Crippen LogP contribution in [-0.4, -0.2) is 27.7 Å². The number of rotatable bonds is 7. The molecule has 2 heterocycles. The number of nitrogens with zero attached hydrogens (tertiary/aromatic N) is 2. The number of hydrogen-bond acceptors (Lipinski definition) is 7. The van der Waals surface area contributed by atoms with Gasteiger partial charge in [-0.1, -0.05) is 6.92 Å². The van der Waals surface area contributed by atoms with Gasteiger partial charge in [0.15, 0.2) is 0 Å². The van der Waals surface area contributed by atoms with Crippen LogP contribution in [-0.2, 0) is 6.42 Å². The highest BCUT2D eigenvalue weighted by Gasteiger charge is 2.12. The average Bonchev–Trinajstić information content (AvgIpc) is 2.88. The highest BCUT2D eigenvalue weighted by Crippen LogP contribution is 2.30. The number of aryl methyl sites for hydroxylation is 1. The van der Waals surface area contributed by atoms with Crippen LogP contribution in [0.2, 0.25) is 0 Å². The monoisotopic (exact) mass is 295 g/mol. The molecule has 0 fully saturated rings. The van der Waals surface area contributed by atoms with Gasteiger partial charge in [-0.3, -0.25) is 5.43 Å². The van der Waals surface area contributed by atoms with Gasteiger partial charge in [0.1, 0.15) is 10.6 Å². The zero-order valence-corrected chi connectivity index (χ0v) is 12.6. The second-order valence-electron chi connectivity index (χ2n) is 4.74. The number of hydrazine groups is 1. The number of nitrogens with two attached hydrogens (primary N) is 1. The molecule has 0 aliphatic carbocycles. The van der Waals surface area contributed by atoms with Gasteiger partial charge in [-0.15, -0.1) is 11.3 Å². The Hall–Kier alpha value is -1.44. The predicted octanol–water partition coefficient (Wildman–Crippen LogP) is 2.11. The maximum absolute atomic E-state index is 8.89. The highest BCUT2D eigenvalue weighted by atomic mass is 32.1. The Labute approximate surface area is 122 Å². The number of thiophene rings is 1. The summed E-state index contributed by atoms with van der Waals surface area (Å²) < 4.78 is 0. The Morgan fingerprint density at radius 3 is 2.90 bits per heavy atom. The number of anilines is 2. The van der Waals surface area contributed by atoms with Crippen molar-refractivity contribution in [3.05, 3.63) is 10.9 Å². The van der Waals surface area contributed by atoms with Crippen molar-refractivity contribution >= 4 is 33.3 Å². The number of aliphatic hydroxyl groups excluding tert-OH is 1. The van der Waals surface area contributed by atoms with Crippen LogP contribution in [0.1, 0.15) is 31.6 Å². The summed E-state index contributed by atoms with van der Waals surface area (Å²) in [4.78, 5) is 11.0. The van der Waals surface area contributed by atoms with Gasteiger partial charge in [-0.2, -0.15) is 4.98 Å². The fourth-order valence-electron chi connectivity index (χ4n) is 2.02. The number of nitrogen functional groups attached to an aromatic ring is 1. The fraction of sp³-hybridized carbons (Fsp3) is 0.538. The molecule has 0 spiro atoms. The van der Waals surface area contributed by atoms with E-state index in [1.165, 1.54) is 4.88 Å². The molecule has 0 radical (unpaired) electrons. The number of aliphatic hydroxyl groups is 1. The lowest BCUT2D eigenvalue weighted by molar-refractivity contribution is 0.282. The molecule has 2 aromatic heterocycles. The van der Waals surface area contributed by atoms with E-state index in [0.29, 0.717) is 5.95 Å². The highest BCUT2D eigenvalue weighted by molar-refractivity contribution is 7.18. The Balaban J connectivity index is 2.31. The maximum Gasteiger partial charge on any atom is 0.240 e. The summed E-state index contributed by atoms with van der Waals surface area (Å²) in [7, 11) is 0. The number of fused-ring (bicyclic) bond motifs is 1. The van der Waals surface area contributed by atoms with Gasteiger partial charge in [0.05, 0.1) is 5.39 Å². The SMILES string of the molecule is CCc1cc2c(NC(C)CCCO)nc(NN)nc2s1. The molecule has 7 heteroatoms. The molecule has 0 aromatic carbocycles. The van der Waals surface area contributed by atoms with Crippen LogP contribution in [0.5, 0.6) is 0 Å². The van der Waals surface area contributed by atoms with Crippen LogP contribution in [0.4, 0.5) is 11.8 Å². The van der Waals surface area contributed by atoms with E-state index < -0.39 is 0 Å². The van der Waals surface area contributed by atoms with Crippen LogP contribution < -0.4 is 16.6 Å². The standard InChI is InChI=1S/C13H21N5OS/c1-3-9-7-10-11(15-8(2)5-4-6-19)16-13(18-14)17-12(10)20-9/h7-8,19H,3-6,14H2,1-2H3,(H2,15,16,17,18). The zero-order chi connectivity index (χ0) is 14.5. The molecule has 0 aliphatic heterocycles. The maximum atomic E-state index is 8.89. The number of nitrogens with one attached hydrogen (secondary N) is 2. The largest absolute Gasteiger partial charge is 0.396 e. The number of hydrogen-bond donors (Lipinski definition) is 4. The van der Waals surface area contributed by atoms with Gasteiger partial charge >= 0.3 is 0 Å². The average molecular weight is 295 g/mol. The first-order valence-electron chi connectivity index (χ1n) is 6.82. The van der Waals surface area contributed by atoms with E-state index in [1.54, 1.807) is 11.3 Å². The molecule has 6 nitrogen and oxygen atoms in total. The van der Waals surface area contributed by atoms with Crippen molar-refractivity contribution in [1.29, 1.82) is 0 Å². The van der Waals surface area contributed by atoms with E-state index in [1.807, 2.05) is 0 Å². The number of aromatic nitrogens is 2. The van der Waals surface area contributed by atoms with Crippen LogP contribution in [0.15, 0.2) is 6.07 Å². The molecule has 20 heavy (non-hydrogen) atoms. The van der Waals surface area contributed by atoms with Crippen molar-refractivity contribution in [2.45, 2.75) is 39.2 Å². The Kier molecular flexibility index (Phi) is 5.11. The summed E-state index contributed by atoms with van der Waals surface area (Å²) in [5, 5.41) is 13.3. The minimum atomic E-state index is 0.208. The first-order valence-corrected chi connectivity index (χ1v) is 7.64. The van der Waals surface area contributed by atoms with E-state index in [-0.39, 0.29) is 12.6 Å². The minimum Gasteiger partial charge on any atom is -0.396 e. The molecule has 5 N–H and O–H groups in total.